The summed E-state index contributed by atoms with van der Waals surface area (Å²) in [5.74, 6) is 1.47. The van der Waals surface area contributed by atoms with Crippen molar-refractivity contribution >= 4 is 28.3 Å². The summed E-state index contributed by atoms with van der Waals surface area (Å²) in [7, 11) is -8.93. The quantitative estimate of drug-likeness (QED) is 0.0253. The van der Waals surface area contributed by atoms with Crippen LogP contribution < -0.4 is 0 Å². The molecule has 11 nitrogen and oxygen atoms in total. The van der Waals surface area contributed by atoms with Gasteiger partial charge in [0.25, 0.3) is 0 Å². The summed E-state index contributed by atoms with van der Waals surface area (Å²) in [5.41, 5.74) is -0.676. The maximum absolute atomic E-state index is 12.8. The van der Waals surface area contributed by atoms with Gasteiger partial charge in [0.1, 0.15) is 0 Å². The Balaban J connectivity index is 0.00000278. The largest absolute Gasteiger partial charge is 0.477 e. The predicted molar refractivity (Wildman–Crippen MR) is 167 cm³/mol. The number of ether oxygens (including phenoxy) is 1. The van der Waals surface area contributed by atoms with Gasteiger partial charge in [-0.05, 0) is 43.8 Å². The molecule has 0 bridgehead atoms. The fraction of sp³-hybridized carbons (Fsp3) is 1.00. The molecule has 0 heterocycles. The molecule has 0 aromatic rings. The zero-order chi connectivity index (χ0) is 31.9. The molecule has 43 heavy (non-hydrogen) atoms. The Bertz CT molecular complexity index is 774. The van der Waals surface area contributed by atoms with Gasteiger partial charge in [-0.1, -0.05) is 77.6 Å². The van der Waals surface area contributed by atoms with Crippen molar-refractivity contribution in [3.05, 3.63) is 0 Å². The topological polar surface area (TPSA) is 150 Å². The van der Waals surface area contributed by atoms with Crippen LogP contribution in [0.4, 0.5) is 0 Å². The molecule has 4 atom stereocenters. The Labute approximate surface area is 277 Å². The first-order valence-corrected chi connectivity index (χ1v) is 19.2. The normalized spacial score (nSPS) is 20.6. The zero-order valence-electron chi connectivity index (χ0n) is 26.9. The number of phosphoric ester groups is 2. The molecule has 2 rings (SSSR count). The second kappa shape index (κ2) is 27.0. The van der Waals surface area contributed by atoms with Gasteiger partial charge in [-0.2, -0.15) is 12.6 Å². The molecule has 0 spiro atoms. The number of thiol groups is 1. The average Bonchev–Trinajstić information content (AvgIpc) is 3.72. The van der Waals surface area contributed by atoms with Gasteiger partial charge in [-0.3, -0.25) is 22.6 Å². The van der Waals surface area contributed by atoms with Crippen LogP contribution >= 0.6 is 28.3 Å². The Kier molecular flexibility index (Phi) is 26.3. The number of hydrogen-bond acceptors (Lipinski definition) is 11. The molecule has 0 radical (unpaired) electrons. The van der Waals surface area contributed by atoms with Crippen LogP contribution in [0.5, 0.6) is 0 Å². The van der Waals surface area contributed by atoms with E-state index >= 15 is 0 Å². The van der Waals surface area contributed by atoms with E-state index in [1.54, 1.807) is 6.92 Å². The summed E-state index contributed by atoms with van der Waals surface area (Å²) in [6.45, 7) is -1.06. The SMILES string of the molecule is C1CCCC1.[3H]C(CO)OP(=O)(OCCCC1CCCC1)OCOP(=O)(O)OCCC(C)(CO)COCCCCCCS.[Fe]. The second-order valence-electron chi connectivity index (χ2n) is 11.4. The van der Waals surface area contributed by atoms with E-state index in [2.05, 4.69) is 12.6 Å². The number of hydrogen-bond donors (Lipinski definition) is 4. The van der Waals surface area contributed by atoms with E-state index in [4.69, 9.17) is 33.8 Å². The van der Waals surface area contributed by atoms with E-state index in [0.717, 1.165) is 50.7 Å². The molecule has 15 heteroatoms. The Morgan fingerprint density at radius 3 is 2.09 bits per heavy atom. The monoisotopic (exact) mass is 722 g/mol. The van der Waals surface area contributed by atoms with Crippen molar-refractivity contribution in [3.8, 4) is 0 Å². The van der Waals surface area contributed by atoms with Gasteiger partial charge in [0.05, 0.1) is 41.0 Å². The van der Waals surface area contributed by atoms with Gasteiger partial charge in [0.15, 0.2) is 6.79 Å². The van der Waals surface area contributed by atoms with Crippen LogP contribution in [0.15, 0.2) is 0 Å². The molecule has 0 aromatic heterocycles. The summed E-state index contributed by atoms with van der Waals surface area (Å²) in [6, 6.07) is 0. The van der Waals surface area contributed by atoms with Gasteiger partial charge in [-0.25, -0.2) is 9.13 Å². The first-order valence-electron chi connectivity index (χ1n) is 16.2. The smallest absolute Gasteiger partial charge is 0.396 e. The van der Waals surface area contributed by atoms with E-state index in [0.29, 0.717) is 18.9 Å². The number of aliphatic hydroxyl groups is 2. The Hall–Kier alpha value is 0.969. The predicted octanol–water partition coefficient (Wildman–Crippen LogP) is 7.04. The van der Waals surface area contributed by atoms with Crippen molar-refractivity contribution in [2.75, 3.05) is 58.8 Å². The van der Waals surface area contributed by atoms with Crippen LogP contribution in [0.25, 0.3) is 0 Å². The minimum atomic E-state index is -4.59. The number of phosphoric acid groups is 2. The van der Waals surface area contributed by atoms with Gasteiger partial charge in [0.2, 0.25) is 0 Å². The fourth-order valence-electron chi connectivity index (χ4n) is 4.74. The molecule has 260 valence electrons. The van der Waals surface area contributed by atoms with Crippen LogP contribution in [0, 0.1) is 11.3 Å². The molecule has 3 N–H and O–H groups in total. The van der Waals surface area contributed by atoms with Gasteiger partial charge in [-0.15, -0.1) is 0 Å². The minimum Gasteiger partial charge on any atom is -0.396 e. The van der Waals surface area contributed by atoms with E-state index < -0.39 is 41.0 Å². The van der Waals surface area contributed by atoms with Gasteiger partial charge < -0.3 is 19.8 Å². The number of rotatable bonds is 25. The van der Waals surface area contributed by atoms with Gasteiger partial charge >= 0.3 is 15.6 Å². The Morgan fingerprint density at radius 1 is 0.837 bits per heavy atom. The standard InChI is InChI=1S/C23H48O11P2S.C5H10.Fe/c1-23(19-25,20-29-14-6-2-3-7-18-37)12-16-30-35(26,27)33-21-34-36(28,32-17-13-24)31-15-8-11-22-9-4-5-10-22;1-2-4-5-3-1;/h22,24-25,37H,2-21H2,1H3,(H,26,27);1-5H2;/i17T;;. The van der Waals surface area contributed by atoms with Crippen molar-refractivity contribution in [2.45, 2.75) is 110 Å². The van der Waals surface area contributed by atoms with Crippen LogP contribution in [0.1, 0.15) is 111 Å². The van der Waals surface area contributed by atoms with Crippen LogP contribution in [-0.4, -0.2) is 73.9 Å². The van der Waals surface area contributed by atoms with E-state index in [-0.39, 0.29) is 49.9 Å². The molecule has 0 aliphatic heterocycles. The molecular formula is C28H58FeO11P2S. The molecule has 0 saturated heterocycles. The van der Waals surface area contributed by atoms with E-state index in [1.807, 2.05) is 0 Å². The summed E-state index contributed by atoms with van der Waals surface area (Å²) >= 11 is 4.18. The maximum atomic E-state index is 12.8. The summed E-state index contributed by atoms with van der Waals surface area (Å²) in [5, 5.41) is 18.8. The van der Waals surface area contributed by atoms with Crippen LogP contribution in [0.3, 0.4) is 0 Å². The first-order chi connectivity index (χ1) is 20.6. The van der Waals surface area contributed by atoms with Crippen molar-refractivity contribution in [1.82, 2.24) is 0 Å². The number of unbranched alkanes of at least 4 members (excludes halogenated alkanes) is 3. The molecule has 2 aliphatic carbocycles. The van der Waals surface area contributed by atoms with Crippen molar-refractivity contribution < 1.29 is 70.0 Å². The molecule has 4 unspecified atom stereocenters. The third kappa shape index (κ3) is 23.9. The van der Waals surface area contributed by atoms with Crippen molar-refractivity contribution in [3.63, 3.8) is 0 Å². The third-order valence-electron chi connectivity index (χ3n) is 7.42. The zero-order valence-corrected chi connectivity index (χ0v) is 29.7. The van der Waals surface area contributed by atoms with E-state index in [9.17, 15) is 19.1 Å². The molecule has 2 fully saturated rings. The van der Waals surface area contributed by atoms with Crippen molar-refractivity contribution in [2.24, 2.45) is 11.3 Å². The minimum absolute atomic E-state index is 0. The molecule has 0 aromatic carbocycles. The number of aliphatic hydroxyl groups excluding tert-OH is 2. The fourth-order valence-corrected chi connectivity index (χ4v) is 6.61. The summed E-state index contributed by atoms with van der Waals surface area (Å²) in [4.78, 5) is 9.94. The summed E-state index contributed by atoms with van der Waals surface area (Å²) in [6.07, 6.45) is 18.1. The molecular weight excluding hydrogens is 662 g/mol. The molecule has 0 amide bonds. The first kappa shape index (κ1) is 42.0. The van der Waals surface area contributed by atoms with E-state index in [1.165, 1.54) is 44.9 Å². The van der Waals surface area contributed by atoms with Gasteiger partial charge in [0, 0.05) is 29.1 Å². The molecule has 2 aliphatic rings. The van der Waals surface area contributed by atoms with Crippen molar-refractivity contribution in [1.29, 1.82) is 0 Å². The average molecular weight is 723 g/mol. The second-order valence-corrected chi connectivity index (χ2v) is 14.9. The van der Waals surface area contributed by atoms with Crippen LogP contribution in [-0.2, 0) is 53.6 Å². The third-order valence-corrected chi connectivity index (χ3v) is 10.0. The maximum Gasteiger partial charge on any atom is 0.477 e. The molecule has 2 saturated carbocycles. The summed E-state index contributed by atoms with van der Waals surface area (Å²) < 4.78 is 63.0. The van der Waals surface area contributed by atoms with Crippen LogP contribution in [0.2, 0.25) is 0 Å². The Morgan fingerprint density at radius 2 is 1.49 bits per heavy atom.